The Labute approximate surface area is 110 Å². The number of aromatic nitrogens is 2. The van der Waals surface area contributed by atoms with Gasteiger partial charge in [0.05, 0.1) is 28.9 Å². The molecule has 0 bridgehead atoms. The van der Waals surface area contributed by atoms with E-state index < -0.39 is 6.10 Å². The number of aryl methyl sites for hydroxylation is 1. The first kappa shape index (κ1) is 12.5. The summed E-state index contributed by atoms with van der Waals surface area (Å²) in [4.78, 5) is 0.899. The van der Waals surface area contributed by atoms with Gasteiger partial charge in [-0.2, -0.15) is 0 Å². The highest BCUT2D eigenvalue weighted by Crippen LogP contribution is 2.41. The minimum atomic E-state index is -0.466. The van der Waals surface area contributed by atoms with E-state index in [-0.39, 0.29) is 11.5 Å². The van der Waals surface area contributed by atoms with Gasteiger partial charge in [0.1, 0.15) is 0 Å². The van der Waals surface area contributed by atoms with Gasteiger partial charge >= 0.3 is 0 Å². The molecule has 2 aliphatic heterocycles. The fourth-order valence-electron chi connectivity index (χ4n) is 2.92. The standard InChI is InChI=1S/C12H18N2O3S/c1-8-11(18-14-13-8)10(15)9-2-4-17-12(6-9)3-5-16-7-12/h9-10,15H,2-7H2,1H3. The molecule has 2 saturated heterocycles. The van der Waals surface area contributed by atoms with E-state index in [2.05, 4.69) is 9.59 Å². The van der Waals surface area contributed by atoms with Crippen LogP contribution in [-0.2, 0) is 9.47 Å². The van der Waals surface area contributed by atoms with Crippen molar-refractivity contribution in [3.05, 3.63) is 10.6 Å². The fourth-order valence-corrected chi connectivity index (χ4v) is 3.65. The molecule has 5 nitrogen and oxygen atoms in total. The van der Waals surface area contributed by atoms with Crippen molar-refractivity contribution in [3.8, 4) is 0 Å². The molecule has 6 heteroatoms. The van der Waals surface area contributed by atoms with Crippen molar-refractivity contribution in [1.82, 2.24) is 9.59 Å². The molecule has 0 aliphatic carbocycles. The quantitative estimate of drug-likeness (QED) is 0.881. The van der Waals surface area contributed by atoms with Crippen molar-refractivity contribution in [2.24, 2.45) is 5.92 Å². The molecule has 0 radical (unpaired) electrons. The van der Waals surface area contributed by atoms with Crippen molar-refractivity contribution in [3.63, 3.8) is 0 Å². The zero-order valence-corrected chi connectivity index (χ0v) is 11.3. The van der Waals surface area contributed by atoms with Crippen LogP contribution in [-0.4, -0.2) is 40.1 Å². The van der Waals surface area contributed by atoms with Gasteiger partial charge in [-0.15, -0.1) is 5.10 Å². The smallest absolute Gasteiger partial charge is 0.0946 e. The van der Waals surface area contributed by atoms with E-state index in [9.17, 15) is 5.11 Å². The molecule has 1 aromatic rings. The zero-order valence-electron chi connectivity index (χ0n) is 10.5. The first-order chi connectivity index (χ1) is 8.70. The van der Waals surface area contributed by atoms with Gasteiger partial charge in [0.15, 0.2) is 0 Å². The predicted octanol–water partition coefficient (Wildman–Crippen LogP) is 1.47. The predicted molar refractivity (Wildman–Crippen MR) is 66.4 cm³/mol. The van der Waals surface area contributed by atoms with E-state index in [0.717, 1.165) is 36.4 Å². The van der Waals surface area contributed by atoms with Crippen LogP contribution in [0, 0.1) is 12.8 Å². The third-order valence-electron chi connectivity index (χ3n) is 4.00. The van der Waals surface area contributed by atoms with Gasteiger partial charge in [-0.25, -0.2) is 0 Å². The zero-order chi connectivity index (χ0) is 12.6. The molecule has 1 aromatic heterocycles. The van der Waals surface area contributed by atoms with Crippen LogP contribution >= 0.6 is 11.5 Å². The summed E-state index contributed by atoms with van der Waals surface area (Å²) in [6.45, 7) is 4.03. The number of aliphatic hydroxyl groups is 1. The Balaban J connectivity index is 1.74. The maximum absolute atomic E-state index is 10.5. The van der Waals surface area contributed by atoms with E-state index in [4.69, 9.17) is 9.47 Å². The van der Waals surface area contributed by atoms with Crippen LogP contribution in [0.15, 0.2) is 0 Å². The van der Waals surface area contributed by atoms with E-state index in [1.165, 1.54) is 11.5 Å². The largest absolute Gasteiger partial charge is 0.387 e. The third kappa shape index (κ3) is 2.18. The molecule has 0 saturated carbocycles. The van der Waals surface area contributed by atoms with Crippen molar-refractivity contribution >= 4 is 11.5 Å². The van der Waals surface area contributed by atoms with Crippen molar-refractivity contribution in [1.29, 1.82) is 0 Å². The van der Waals surface area contributed by atoms with Crippen LogP contribution in [0.1, 0.15) is 35.9 Å². The summed E-state index contributed by atoms with van der Waals surface area (Å²) in [7, 11) is 0. The molecule has 3 atom stereocenters. The lowest BCUT2D eigenvalue weighted by molar-refractivity contribution is -0.116. The van der Waals surface area contributed by atoms with Crippen LogP contribution < -0.4 is 0 Å². The fraction of sp³-hybridized carbons (Fsp3) is 0.833. The first-order valence-electron chi connectivity index (χ1n) is 6.39. The second-order valence-electron chi connectivity index (χ2n) is 5.25. The lowest BCUT2D eigenvalue weighted by atomic mass is 9.81. The third-order valence-corrected chi connectivity index (χ3v) is 4.90. The maximum Gasteiger partial charge on any atom is 0.0946 e. The molecular weight excluding hydrogens is 252 g/mol. The lowest BCUT2D eigenvalue weighted by Crippen LogP contribution is -2.41. The monoisotopic (exact) mass is 270 g/mol. The molecule has 2 aliphatic rings. The number of nitrogens with zero attached hydrogens (tertiary/aromatic N) is 2. The maximum atomic E-state index is 10.5. The van der Waals surface area contributed by atoms with Crippen LogP contribution in [0.4, 0.5) is 0 Å². The van der Waals surface area contributed by atoms with Gasteiger partial charge in [0.25, 0.3) is 0 Å². The summed E-state index contributed by atoms with van der Waals surface area (Å²) in [5.74, 6) is 0.224. The summed E-state index contributed by atoms with van der Waals surface area (Å²) in [5.41, 5.74) is 0.686. The Morgan fingerprint density at radius 3 is 3.06 bits per heavy atom. The molecule has 3 heterocycles. The molecule has 3 rings (SSSR count). The van der Waals surface area contributed by atoms with Gasteiger partial charge in [-0.3, -0.25) is 0 Å². The Morgan fingerprint density at radius 2 is 2.39 bits per heavy atom. The van der Waals surface area contributed by atoms with Crippen LogP contribution in [0.5, 0.6) is 0 Å². The highest BCUT2D eigenvalue weighted by Gasteiger charge is 2.43. The minimum Gasteiger partial charge on any atom is -0.387 e. The van der Waals surface area contributed by atoms with Gasteiger partial charge in [-0.05, 0) is 37.2 Å². The summed E-state index contributed by atoms with van der Waals surface area (Å²) < 4.78 is 15.2. The second kappa shape index (κ2) is 4.85. The molecule has 18 heavy (non-hydrogen) atoms. The normalized spacial score (nSPS) is 34.0. The molecule has 0 amide bonds. The highest BCUT2D eigenvalue weighted by atomic mass is 32.1. The number of ether oxygens (including phenoxy) is 2. The van der Waals surface area contributed by atoms with Crippen LogP contribution in [0.2, 0.25) is 0 Å². The SMILES string of the molecule is Cc1nnsc1C(O)C1CCOC2(CCOC2)C1. The molecule has 1 N–H and O–H groups in total. The summed E-state index contributed by atoms with van der Waals surface area (Å²) in [6.07, 6.45) is 2.23. The Hall–Kier alpha value is -0.560. The number of aliphatic hydroxyl groups excluding tert-OH is 1. The van der Waals surface area contributed by atoms with E-state index in [1.54, 1.807) is 0 Å². The number of rotatable bonds is 2. The average molecular weight is 270 g/mol. The molecule has 2 fully saturated rings. The molecule has 100 valence electrons. The molecular formula is C12H18N2O3S. The van der Waals surface area contributed by atoms with Crippen molar-refractivity contribution in [2.75, 3.05) is 19.8 Å². The molecule has 0 aromatic carbocycles. The second-order valence-corrected chi connectivity index (χ2v) is 6.04. The topological polar surface area (TPSA) is 64.5 Å². The average Bonchev–Trinajstić information content (AvgIpc) is 2.98. The summed E-state index contributed by atoms with van der Waals surface area (Å²) >= 11 is 1.30. The van der Waals surface area contributed by atoms with Crippen molar-refractivity contribution < 1.29 is 14.6 Å². The van der Waals surface area contributed by atoms with E-state index in [1.807, 2.05) is 6.92 Å². The molecule has 3 unspecified atom stereocenters. The van der Waals surface area contributed by atoms with Gasteiger partial charge in [0.2, 0.25) is 0 Å². The summed E-state index contributed by atoms with van der Waals surface area (Å²) in [5, 5.41) is 14.5. The van der Waals surface area contributed by atoms with Crippen LogP contribution in [0.25, 0.3) is 0 Å². The number of hydrogen-bond acceptors (Lipinski definition) is 6. The van der Waals surface area contributed by atoms with E-state index >= 15 is 0 Å². The number of hydrogen-bond donors (Lipinski definition) is 1. The van der Waals surface area contributed by atoms with Crippen LogP contribution in [0.3, 0.4) is 0 Å². The minimum absolute atomic E-state index is 0.157. The first-order valence-corrected chi connectivity index (χ1v) is 7.16. The van der Waals surface area contributed by atoms with Gasteiger partial charge in [0, 0.05) is 19.6 Å². The summed E-state index contributed by atoms with van der Waals surface area (Å²) in [6, 6.07) is 0. The Kier molecular flexibility index (Phi) is 3.36. The van der Waals surface area contributed by atoms with Gasteiger partial charge in [-0.1, -0.05) is 4.49 Å². The highest BCUT2D eigenvalue weighted by molar-refractivity contribution is 7.05. The van der Waals surface area contributed by atoms with E-state index in [0.29, 0.717) is 13.2 Å². The van der Waals surface area contributed by atoms with Gasteiger partial charge < -0.3 is 14.6 Å². The lowest BCUT2D eigenvalue weighted by Gasteiger charge is -2.38. The Bertz CT molecular complexity index is 417. The van der Waals surface area contributed by atoms with Crippen molar-refractivity contribution in [2.45, 2.75) is 37.9 Å². The molecule has 1 spiro atoms. The Morgan fingerprint density at radius 1 is 1.50 bits per heavy atom.